The van der Waals surface area contributed by atoms with Gasteiger partial charge < -0.3 is 14.8 Å². The summed E-state index contributed by atoms with van der Waals surface area (Å²) in [6.07, 6.45) is 0.0572. The number of nitrogens with one attached hydrogen (secondary N) is 1. The molecule has 0 saturated heterocycles. The smallest absolute Gasteiger partial charge is 0.387 e. The van der Waals surface area contributed by atoms with Crippen molar-refractivity contribution in [2.75, 3.05) is 7.11 Å². The van der Waals surface area contributed by atoms with Crippen LogP contribution in [0.5, 0.6) is 11.5 Å². The number of rotatable bonds is 8. The van der Waals surface area contributed by atoms with Crippen molar-refractivity contribution in [1.82, 2.24) is 5.32 Å². The predicted molar refractivity (Wildman–Crippen MR) is 88.3 cm³/mol. The number of benzene rings is 2. The third kappa shape index (κ3) is 5.40. The molecule has 2 rings (SSSR count). The van der Waals surface area contributed by atoms with Crippen molar-refractivity contribution in [3.8, 4) is 11.5 Å². The van der Waals surface area contributed by atoms with Crippen molar-refractivity contribution in [3.63, 3.8) is 0 Å². The van der Waals surface area contributed by atoms with Crippen LogP contribution >= 0.6 is 0 Å². The van der Waals surface area contributed by atoms with E-state index < -0.39 is 11.5 Å². The second-order valence-electron chi connectivity index (χ2n) is 5.24. The van der Waals surface area contributed by atoms with Crippen molar-refractivity contribution in [2.24, 2.45) is 0 Å². The van der Waals surface area contributed by atoms with Gasteiger partial charge in [0, 0.05) is 18.7 Å². The largest absolute Gasteiger partial charge is 0.493 e. The minimum Gasteiger partial charge on any atom is -0.493 e. The Hall–Kier alpha value is -3.23. The Morgan fingerprint density at radius 2 is 1.81 bits per heavy atom. The predicted octanol–water partition coefficient (Wildman–Crippen LogP) is 3.06. The molecule has 26 heavy (non-hydrogen) atoms. The molecule has 0 spiro atoms. The maximum absolute atomic E-state index is 12.3. The number of nitro benzene ring substituents is 1. The van der Waals surface area contributed by atoms with E-state index in [-0.39, 0.29) is 36.1 Å². The molecule has 138 valence electrons. The van der Waals surface area contributed by atoms with Crippen LogP contribution in [0.4, 0.5) is 14.5 Å². The van der Waals surface area contributed by atoms with E-state index in [1.807, 2.05) is 0 Å². The van der Waals surface area contributed by atoms with Crippen LogP contribution in [0.25, 0.3) is 0 Å². The fourth-order valence-electron chi connectivity index (χ4n) is 2.20. The van der Waals surface area contributed by atoms with Gasteiger partial charge in [-0.05, 0) is 23.3 Å². The highest BCUT2D eigenvalue weighted by atomic mass is 19.3. The number of ether oxygens (including phenoxy) is 2. The Kier molecular flexibility index (Phi) is 6.42. The number of alkyl halides is 2. The molecule has 0 bridgehead atoms. The normalized spacial score (nSPS) is 10.5. The molecule has 0 radical (unpaired) electrons. The van der Waals surface area contributed by atoms with Crippen LogP contribution in [0.1, 0.15) is 11.1 Å². The maximum atomic E-state index is 12.3. The van der Waals surface area contributed by atoms with Crippen molar-refractivity contribution in [2.45, 2.75) is 19.6 Å². The van der Waals surface area contributed by atoms with Gasteiger partial charge in [0.15, 0.2) is 11.5 Å². The highest BCUT2D eigenvalue weighted by Crippen LogP contribution is 2.29. The zero-order valence-electron chi connectivity index (χ0n) is 13.8. The number of hydrogen-bond donors (Lipinski definition) is 1. The highest BCUT2D eigenvalue weighted by molar-refractivity contribution is 5.78. The number of methoxy groups -OCH3 is 1. The van der Waals surface area contributed by atoms with Crippen LogP contribution in [0.3, 0.4) is 0 Å². The molecule has 0 fully saturated rings. The first-order valence-electron chi connectivity index (χ1n) is 7.51. The molecule has 9 heteroatoms. The topological polar surface area (TPSA) is 90.7 Å². The molecule has 1 amide bonds. The van der Waals surface area contributed by atoms with Crippen LogP contribution in [0, 0.1) is 10.1 Å². The number of carbonyl (C=O) groups is 1. The van der Waals surface area contributed by atoms with E-state index in [0.717, 1.165) is 0 Å². The van der Waals surface area contributed by atoms with Gasteiger partial charge in [0.1, 0.15) is 0 Å². The van der Waals surface area contributed by atoms with Crippen LogP contribution in [-0.4, -0.2) is 24.6 Å². The molecule has 0 unspecified atom stereocenters. The summed E-state index contributed by atoms with van der Waals surface area (Å²) >= 11 is 0. The molecule has 2 aromatic rings. The first-order chi connectivity index (χ1) is 12.4. The van der Waals surface area contributed by atoms with Gasteiger partial charge in [-0.15, -0.1) is 0 Å². The molecule has 0 saturated carbocycles. The second kappa shape index (κ2) is 8.75. The lowest BCUT2D eigenvalue weighted by atomic mass is 10.1. The van der Waals surface area contributed by atoms with Crippen LogP contribution in [-0.2, 0) is 17.8 Å². The standard InChI is InChI=1S/C17H16F2N2O5/c1-25-15-8-12(4-7-14(15)26-17(18)19)10-20-16(22)9-11-2-5-13(6-3-11)21(23)24/h2-8,17H,9-10H2,1H3,(H,20,22). The van der Waals surface area contributed by atoms with Gasteiger partial charge in [-0.1, -0.05) is 18.2 Å². The van der Waals surface area contributed by atoms with Gasteiger partial charge in [-0.2, -0.15) is 8.78 Å². The zero-order valence-corrected chi connectivity index (χ0v) is 13.8. The minimum absolute atomic E-state index is 0.0487. The average molecular weight is 366 g/mol. The summed E-state index contributed by atoms with van der Waals surface area (Å²) in [6, 6.07) is 10.0. The van der Waals surface area contributed by atoms with Gasteiger partial charge in [-0.25, -0.2) is 0 Å². The van der Waals surface area contributed by atoms with Crippen LogP contribution in [0.15, 0.2) is 42.5 Å². The number of amides is 1. The number of halogens is 2. The summed E-state index contributed by atoms with van der Waals surface area (Å²) in [5.74, 6) is -0.249. The first kappa shape index (κ1) is 19.1. The fourth-order valence-corrected chi connectivity index (χ4v) is 2.20. The third-order valence-electron chi connectivity index (χ3n) is 3.45. The Labute approximate surface area is 147 Å². The molecule has 0 aromatic heterocycles. The van der Waals surface area contributed by atoms with Crippen LogP contribution in [0.2, 0.25) is 0 Å². The lowest BCUT2D eigenvalue weighted by Crippen LogP contribution is -2.24. The molecule has 1 N–H and O–H groups in total. The molecule has 7 nitrogen and oxygen atoms in total. The Morgan fingerprint density at radius 1 is 1.15 bits per heavy atom. The summed E-state index contributed by atoms with van der Waals surface area (Å²) in [7, 11) is 1.32. The van der Waals surface area contributed by atoms with Crippen molar-refractivity contribution in [1.29, 1.82) is 0 Å². The van der Waals surface area contributed by atoms with Crippen molar-refractivity contribution >= 4 is 11.6 Å². The Bertz CT molecular complexity index is 781. The molecule has 0 aliphatic carbocycles. The van der Waals surface area contributed by atoms with Gasteiger partial charge in [0.05, 0.1) is 18.5 Å². The summed E-state index contributed by atoms with van der Waals surface area (Å²) < 4.78 is 33.9. The molecular formula is C17H16F2N2O5. The van der Waals surface area contributed by atoms with Crippen molar-refractivity contribution in [3.05, 3.63) is 63.7 Å². The monoisotopic (exact) mass is 366 g/mol. The molecule has 2 aromatic carbocycles. The van der Waals surface area contributed by atoms with E-state index >= 15 is 0 Å². The lowest BCUT2D eigenvalue weighted by molar-refractivity contribution is -0.384. The van der Waals surface area contributed by atoms with E-state index in [1.54, 1.807) is 0 Å². The van der Waals surface area contributed by atoms with E-state index in [4.69, 9.17) is 4.74 Å². The van der Waals surface area contributed by atoms with Gasteiger partial charge in [-0.3, -0.25) is 14.9 Å². The Balaban J connectivity index is 1.93. The summed E-state index contributed by atoms with van der Waals surface area (Å²) in [5, 5.41) is 13.3. The van der Waals surface area contributed by atoms with E-state index in [0.29, 0.717) is 11.1 Å². The van der Waals surface area contributed by atoms with Gasteiger partial charge in [0.25, 0.3) is 5.69 Å². The number of nitrogens with zero attached hydrogens (tertiary/aromatic N) is 1. The highest BCUT2D eigenvalue weighted by Gasteiger charge is 2.12. The number of non-ortho nitro benzene ring substituents is 1. The fraction of sp³-hybridized carbons (Fsp3) is 0.235. The molecule has 0 heterocycles. The number of hydrogen-bond acceptors (Lipinski definition) is 5. The van der Waals surface area contributed by atoms with Crippen LogP contribution < -0.4 is 14.8 Å². The Morgan fingerprint density at radius 3 is 2.38 bits per heavy atom. The number of nitro groups is 1. The summed E-state index contributed by atoms with van der Waals surface area (Å²) in [4.78, 5) is 22.1. The van der Waals surface area contributed by atoms with E-state index in [2.05, 4.69) is 10.1 Å². The zero-order chi connectivity index (χ0) is 19.1. The van der Waals surface area contributed by atoms with E-state index in [1.165, 1.54) is 49.6 Å². The van der Waals surface area contributed by atoms with Gasteiger partial charge in [0.2, 0.25) is 5.91 Å². The van der Waals surface area contributed by atoms with Crippen molar-refractivity contribution < 1.29 is 28.0 Å². The maximum Gasteiger partial charge on any atom is 0.387 e. The molecular weight excluding hydrogens is 350 g/mol. The van der Waals surface area contributed by atoms with E-state index in [9.17, 15) is 23.7 Å². The molecule has 0 aliphatic rings. The average Bonchev–Trinajstić information content (AvgIpc) is 2.60. The minimum atomic E-state index is -2.96. The quantitative estimate of drug-likeness (QED) is 0.573. The second-order valence-corrected chi connectivity index (χ2v) is 5.24. The van der Waals surface area contributed by atoms with Gasteiger partial charge >= 0.3 is 6.61 Å². The molecule has 0 atom stereocenters. The third-order valence-corrected chi connectivity index (χ3v) is 3.45. The first-order valence-corrected chi connectivity index (χ1v) is 7.51. The lowest BCUT2D eigenvalue weighted by Gasteiger charge is -2.12. The summed E-state index contributed by atoms with van der Waals surface area (Å²) in [5.41, 5.74) is 1.22. The molecule has 0 aliphatic heterocycles. The SMILES string of the molecule is COc1cc(CNC(=O)Cc2ccc([N+](=O)[O-])cc2)ccc1OC(F)F. The number of carbonyl (C=O) groups excluding carboxylic acids is 1. The summed E-state index contributed by atoms with van der Waals surface area (Å²) in [6.45, 7) is -2.80.